The Bertz CT molecular complexity index is 635. The third-order valence-electron chi connectivity index (χ3n) is 2.62. The minimum atomic E-state index is -4.01. The molecule has 0 aliphatic carbocycles. The SMILES string of the molecule is CC(=O)c1cccc(S(=O)(=O)NCC(C)(O)C(=O)O)c1. The van der Waals surface area contributed by atoms with E-state index in [0.717, 1.165) is 6.92 Å². The van der Waals surface area contributed by atoms with Gasteiger partial charge >= 0.3 is 5.97 Å². The first-order valence-corrected chi connectivity index (χ1v) is 7.11. The third-order valence-corrected chi connectivity index (χ3v) is 4.02. The summed E-state index contributed by atoms with van der Waals surface area (Å²) >= 11 is 0. The first kappa shape index (κ1) is 16.3. The Morgan fingerprint density at radius 3 is 2.45 bits per heavy atom. The topological polar surface area (TPSA) is 121 Å². The molecule has 20 heavy (non-hydrogen) atoms. The van der Waals surface area contributed by atoms with Gasteiger partial charge in [0.2, 0.25) is 10.0 Å². The van der Waals surface area contributed by atoms with Gasteiger partial charge in [-0.1, -0.05) is 12.1 Å². The van der Waals surface area contributed by atoms with Gasteiger partial charge in [0.05, 0.1) is 11.4 Å². The molecule has 0 bridgehead atoms. The van der Waals surface area contributed by atoms with Gasteiger partial charge in [0, 0.05) is 5.56 Å². The molecule has 0 saturated heterocycles. The maximum Gasteiger partial charge on any atom is 0.336 e. The first-order valence-electron chi connectivity index (χ1n) is 5.63. The Labute approximate surface area is 116 Å². The highest BCUT2D eigenvalue weighted by Gasteiger charge is 2.31. The van der Waals surface area contributed by atoms with Gasteiger partial charge in [0.25, 0.3) is 0 Å². The molecule has 1 aromatic carbocycles. The number of carboxylic acid groups (broad SMARTS) is 1. The highest BCUT2D eigenvalue weighted by atomic mass is 32.2. The summed E-state index contributed by atoms with van der Waals surface area (Å²) in [6.45, 7) is 1.59. The average molecular weight is 301 g/mol. The van der Waals surface area contributed by atoms with Crippen LogP contribution in [0, 0.1) is 0 Å². The van der Waals surface area contributed by atoms with E-state index in [0.29, 0.717) is 0 Å². The van der Waals surface area contributed by atoms with Crippen LogP contribution in [0.25, 0.3) is 0 Å². The number of nitrogens with one attached hydrogen (secondary N) is 1. The van der Waals surface area contributed by atoms with E-state index < -0.39 is 28.1 Å². The van der Waals surface area contributed by atoms with Gasteiger partial charge in [-0.15, -0.1) is 0 Å². The largest absolute Gasteiger partial charge is 0.479 e. The quantitative estimate of drug-likeness (QED) is 0.636. The van der Waals surface area contributed by atoms with Crippen molar-refractivity contribution in [2.24, 2.45) is 0 Å². The number of Topliss-reactive ketones (excluding diaryl/α,β-unsaturated/α-hetero) is 1. The van der Waals surface area contributed by atoms with Crippen molar-refractivity contribution in [3.8, 4) is 0 Å². The summed E-state index contributed by atoms with van der Waals surface area (Å²) in [6.07, 6.45) is 0. The number of carbonyl (C=O) groups is 2. The van der Waals surface area contributed by atoms with Crippen molar-refractivity contribution in [3.05, 3.63) is 29.8 Å². The van der Waals surface area contributed by atoms with Gasteiger partial charge in [-0.3, -0.25) is 4.79 Å². The molecular weight excluding hydrogens is 286 g/mol. The molecule has 0 heterocycles. The molecule has 0 radical (unpaired) electrons. The molecule has 0 aliphatic heterocycles. The lowest BCUT2D eigenvalue weighted by Gasteiger charge is -2.18. The number of ketones is 1. The summed E-state index contributed by atoms with van der Waals surface area (Å²) in [6, 6.07) is 5.32. The summed E-state index contributed by atoms with van der Waals surface area (Å²) in [4.78, 5) is 21.7. The van der Waals surface area contributed by atoms with Gasteiger partial charge in [-0.2, -0.15) is 0 Å². The molecule has 1 unspecified atom stereocenters. The lowest BCUT2D eigenvalue weighted by molar-refractivity contribution is -0.155. The molecule has 0 spiro atoms. The summed E-state index contributed by atoms with van der Waals surface area (Å²) in [5.41, 5.74) is -2.00. The zero-order chi connectivity index (χ0) is 15.6. The molecule has 7 nitrogen and oxygen atoms in total. The number of benzene rings is 1. The zero-order valence-corrected chi connectivity index (χ0v) is 11.8. The van der Waals surface area contributed by atoms with Gasteiger partial charge in [0.1, 0.15) is 0 Å². The Morgan fingerprint density at radius 1 is 1.35 bits per heavy atom. The van der Waals surface area contributed by atoms with Crippen molar-refractivity contribution in [2.45, 2.75) is 24.3 Å². The van der Waals surface area contributed by atoms with E-state index >= 15 is 0 Å². The second-order valence-corrected chi connectivity index (χ2v) is 6.25. The van der Waals surface area contributed by atoms with E-state index in [-0.39, 0.29) is 16.2 Å². The lowest BCUT2D eigenvalue weighted by atomic mass is 10.1. The van der Waals surface area contributed by atoms with Crippen LogP contribution in [0.4, 0.5) is 0 Å². The van der Waals surface area contributed by atoms with Crippen LogP contribution < -0.4 is 4.72 Å². The smallest absolute Gasteiger partial charge is 0.336 e. The highest BCUT2D eigenvalue weighted by molar-refractivity contribution is 7.89. The van der Waals surface area contributed by atoms with Gasteiger partial charge in [0.15, 0.2) is 11.4 Å². The fraction of sp³-hybridized carbons (Fsp3) is 0.333. The molecule has 1 atom stereocenters. The van der Waals surface area contributed by atoms with Crippen molar-refractivity contribution in [1.29, 1.82) is 0 Å². The minimum absolute atomic E-state index is 0.175. The van der Waals surface area contributed by atoms with E-state index in [4.69, 9.17) is 5.11 Å². The van der Waals surface area contributed by atoms with Crippen LogP contribution in [-0.2, 0) is 14.8 Å². The Balaban J connectivity index is 2.98. The molecule has 0 fully saturated rings. The van der Waals surface area contributed by atoms with Crippen LogP contribution in [0.5, 0.6) is 0 Å². The Kier molecular flexibility index (Phi) is 4.64. The normalized spacial score (nSPS) is 14.6. The molecular formula is C12H15NO6S. The van der Waals surface area contributed by atoms with E-state index in [2.05, 4.69) is 0 Å². The molecule has 0 saturated carbocycles. The van der Waals surface area contributed by atoms with E-state index in [1.165, 1.54) is 31.2 Å². The number of carbonyl (C=O) groups excluding carboxylic acids is 1. The molecule has 110 valence electrons. The molecule has 3 N–H and O–H groups in total. The Morgan fingerprint density at radius 2 is 1.95 bits per heavy atom. The number of rotatable bonds is 6. The van der Waals surface area contributed by atoms with E-state index in [9.17, 15) is 23.1 Å². The molecule has 1 rings (SSSR count). The lowest BCUT2D eigenvalue weighted by Crippen LogP contribution is -2.46. The van der Waals surface area contributed by atoms with Gasteiger partial charge < -0.3 is 10.2 Å². The second-order valence-electron chi connectivity index (χ2n) is 4.49. The average Bonchev–Trinajstić information content (AvgIpc) is 2.36. The van der Waals surface area contributed by atoms with Crippen LogP contribution in [0.15, 0.2) is 29.2 Å². The van der Waals surface area contributed by atoms with Gasteiger partial charge in [-0.25, -0.2) is 17.9 Å². The number of aliphatic carboxylic acids is 1. The van der Waals surface area contributed by atoms with Crippen molar-refractivity contribution in [1.82, 2.24) is 4.72 Å². The Hall–Kier alpha value is -1.77. The maximum atomic E-state index is 11.9. The number of carboxylic acids is 1. The number of hydrogen-bond acceptors (Lipinski definition) is 5. The van der Waals surface area contributed by atoms with Crippen LogP contribution in [0.3, 0.4) is 0 Å². The van der Waals surface area contributed by atoms with Crippen LogP contribution in [0.1, 0.15) is 24.2 Å². The summed E-state index contributed by atoms with van der Waals surface area (Å²) < 4.78 is 25.9. The molecule has 8 heteroatoms. The van der Waals surface area contributed by atoms with Crippen molar-refractivity contribution in [3.63, 3.8) is 0 Å². The fourth-order valence-electron chi connectivity index (χ4n) is 1.28. The number of sulfonamides is 1. The predicted molar refractivity (Wildman–Crippen MR) is 69.9 cm³/mol. The standard InChI is InChI=1S/C12H15NO6S/c1-8(14)9-4-3-5-10(6-9)20(18,19)13-7-12(2,17)11(15)16/h3-6,13,17H,7H2,1-2H3,(H,15,16). The second kappa shape index (κ2) is 5.70. The van der Waals surface area contributed by atoms with Crippen molar-refractivity contribution in [2.75, 3.05) is 6.54 Å². The van der Waals surface area contributed by atoms with Crippen LogP contribution in [0.2, 0.25) is 0 Å². The number of aliphatic hydroxyl groups is 1. The van der Waals surface area contributed by atoms with Crippen molar-refractivity contribution >= 4 is 21.8 Å². The maximum absolute atomic E-state index is 11.9. The van der Waals surface area contributed by atoms with Crippen molar-refractivity contribution < 1.29 is 28.2 Å². The zero-order valence-electron chi connectivity index (χ0n) is 11.0. The van der Waals surface area contributed by atoms with Crippen LogP contribution >= 0.6 is 0 Å². The summed E-state index contributed by atoms with van der Waals surface area (Å²) in [5, 5.41) is 18.2. The fourth-order valence-corrected chi connectivity index (χ4v) is 2.45. The molecule has 0 aliphatic rings. The molecule has 0 amide bonds. The summed E-state index contributed by atoms with van der Waals surface area (Å²) in [7, 11) is -4.01. The van der Waals surface area contributed by atoms with E-state index in [1.54, 1.807) is 0 Å². The molecule has 0 aromatic heterocycles. The van der Waals surface area contributed by atoms with Crippen LogP contribution in [-0.4, -0.2) is 42.5 Å². The minimum Gasteiger partial charge on any atom is -0.479 e. The van der Waals surface area contributed by atoms with E-state index in [1.807, 2.05) is 4.72 Å². The monoisotopic (exact) mass is 301 g/mol. The third kappa shape index (κ3) is 3.86. The number of hydrogen-bond donors (Lipinski definition) is 3. The predicted octanol–water partition coefficient (Wildman–Crippen LogP) is 0.00310. The molecule has 1 aromatic rings. The summed E-state index contributed by atoms with van der Waals surface area (Å²) in [5.74, 6) is -1.84. The first-order chi connectivity index (χ1) is 9.06. The van der Waals surface area contributed by atoms with Gasteiger partial charge in [-0.05, 0) is 26.0 Å². The highest BCUT2D eigenvalue weighted by Crippen LogP contribution is 2.13.